The number of hydrogen-bond donors (Lipinski definition) is 0. The van der Waals surface area contributed by atoms with Crippen molar-refractivity contribution in [2.75, 3.05) is 6.54 Å². The zero-order chi connectivity index (χ0) is 27.8. The van der Waals surface area contributed by atoms with Gasteiger partial charge in [0, 0.05) is 29.7 Å². The van der Waals surface area contributed by atoms with Crippen molar-refractivity contribution in [3.63, 3.8) is 0 Å². The van der Waals surface area contributed by atoms with Crippen LogP contribution in [0.2, 0.25) is 5.02 Å². The molecule has 204 valence electrons. The highest BCUT2D eigenvalue weighted by Gasteiger charge is 2.39. The van der Waals surface area contributed by atoms with Gasteiger partial charge in [-0.2, -0.15) is 0 Å². The van der Waals surface area contributed by atoms with Gasteiger partial charge >= 0.3 is 0 Å². The highest BCUT2D eigenvalue weighted by molar-refractivity contribution is 6.31. The summed E-state index contributed by atoms with van der Waals surface area (Å²) in [6.07, 6.45) is 2.41. The molecule has 0 N–H and O–H groups in total. The Morgan fingerprint density at radius 3 is 2.30 bits per heavy atom. The minimum absolute atomic E-state index is 0.0224. The summed E-state index contributed by atoms with van der Waals surface area (Å²) < 4.78 is 14.9. The van der Waals surface area contributed by atoms with Crippen molar-refractivity contribution in [3.05, 3.63) is 141 Å². The van der Waals surface area contributed by atoms with Crippen molar-refractivity contribution >= 4 is 17.5 Å². The van der Waals surface area contributed by atoms with Gasteiger partial charge in [-0.25, -0.2) is 4.39 Å². The van der Waals surface area contributed by atoms with E-state index in [1.807, 2.05) is 42.2 Å². The van der Waals surface area contributed by atoms with E-state index in [4.69, 9.17) is 11.6 Å². The fourth-order valence-corrected chi connectivity index (χ4v) is 6.78. The van der Waals surface area contributed by atoms with Crippen molar-refractivity contribution in [1.82, 2.24) is 9.80 Å². The molecule has 40 heavy (non-hydrogen) atoms. The van der Waals surface area contributed by atoms with E-state index in [9.17, 15) is 9.18 Å². The van der Waals surface area contributed by atoms with Gasteiger partial charge in [-0.3, -0.25) is 9.69 Å². The summed E-state index contributed by atoms with van der Waals surface area (Å²) in [4.78, 5) is 18.8. The summed E-state index contributed by atoms with van der Waals surface area (Å²) in [6.45, 7) is 5.05. The lowest BCUT2D eigenvalue weighted by atomic mass is 9.86. The maximum atomic E-state index is 14.9. The van der Waals surface area contributed by atoms with Gasteiger partial charge in [-0.15, -0.1) is 0 Å². The lowest BCUT2D eigenvalue weighted by Gasteiger charge is -2.43. The Bertz CT molecular complexity index is 1530. The van der Waals surface area contributed by atoms with E-state index in [1.165, 1.54) is 28.3 Å². The first kappa shape index (κ1) is 26.7. The van der Waals surface area contributed by atoms with E-state index in [0.717, 1.165) is 36.9 Å². The van der Waals surface area contributed by atoms with E-state index in [-0.39, 0.29) is 30.4 Å². The Morgan fingerprint density at radius 1 is 0.925 bits per heavy atom. The maximum absolute atomic E-state index is 14.9. The van der Waals surface area contributed by atoms with Gasteiger partial charge in [0.05, 0.1) is 12.1 Å². The molecule has 1 heterocycles. The predicted octanol–water partition coefficient (Wildman–Crippen LogP) is 7.32. The number of hydrogen-bond acceptors (Lipinski definition) is 2. The molecule has 0 unspecified atom stereocenters. The number of halogens is 2. The summed E-state index contributed by atoms with van der Waals surface area (Å²) in [6, 6.07) is 29.2. The highest BCUT2D eigenvalue weighted by Crippen LogP contribution is 2.40. The Morgan fingerprint density at radius 2 is 1.57 bits per heavy atom. The minimum Gasteiger partial charge on any atom is -0.333 e. The van der Waals surface area contributed by atoms with Crippen molar-refractivity contribution in [1.29, 1.82) is 0 Å². The summed E-state index contributed by atoms with van der Waals surface area (Å²) in [5, 5.41) is 0.700. The molecule has 4 aromatic carbocycles. The van der Waals surface area contributed by atoms with Gasteiger partial charge in [0.25, 0.3) is 0 Å². The lowest BCUT2D eigenvalue weighted by Crippen LogP contribution is -2.53. The fraction of sp³-hybridized carbons (Fsp3) is 0.286. The molecular weight excluding hydrogens is 519 g/mol. The van der Waals surface area contributed by atoms with Crippen LogP contribution in [0.15, 0.2) is 91.0 Å². The molecule has 0 radical (unpaired) electrons. The van der Waals surface area contributed by atoms with Crippen LogP contribution >= 0.6 is 11.6 Å². The van der Waals surface area contributed by atoms with Gasteiger partial charge in [0.15, 0.2) is 0 Å². The van der Waals surface area contributed by atoms with Crippen molar-refractivity contribution in [3.8, 4) is 0 Å². The summed E-state index contributed by atoms with van der Waals surface area (Å²) >= 11 is 6.82. The molecule has 2 atom stereocenters. The van der Waals surface area contributed by atoms with E-state index >= 15 is 0 Å². The van der Waals surface area contributed by atoms with E-state index in [1.54, 1.807) is 12.1 Å². The number of fused-ring (bicyclic) bond motifs is 2. The van der Waals surface area contributed by atoms with E-state index in [0.29, 0.717) is 10.6 Å². The third kappa shape index (κ3) is 5.07. The van der Waals surface area contributed by atoms with Crippen LogP contribution in [-0.2, 0) is 30.6 Å². The third-order valence-corrected chi connectivity index (χ3v) is 9.02. The number of amides is 1. The van der Waals surface area contributed by atoms with E-state index < -0.39 is 6.04 Å². The molecular formula is C35H34ClFN2O. The lowest BCUT2D eigenvalue weighted by molar-refractivity contribution is -0.140. The van der Waals surface area contributed by atoms with Crippen molar-refractivity contribution < 1.29 is 9.18 Å². The SMILES string of the molecule is Cc1ccc(Cl)c([C@H]2c3ccccc3CCN2[C@@H](C)C(=O)N(Cc2ccccc2F)C2Cc3ccccc3C2)c1. The number of aryl methyl sites for hydroxylation is 1. The number of carbonyl (C=O) groups is 1. The number of rotatable bonds is 6. The van der Waals surface area contributed by atoms with Gasteiger partial charge in [-0.05, 0) is 73.1 Å². The first-order chi connectivity index (χ1) is 19.4. The van der Waals surface area contributed by atoms with Crippen LogP contribution in [0.25, 0.3) is 0 Å². The van der Waals surface area contributed by atoms with Crippen LogP contribution in [0.3, 0.4) is 0 Å². The first-order valence-corrected chi connectivity index (χ1v) is 14.5. The van der Waals surface area contributed by atoms with Gasteiger partial charge in [-0.1, -0.05) is 96.0 Å². The Labute approximate surface area is 241 Å². The topological polar surface area (TPSA) is 23.6 Å². The molecule has 1 aliphatic carbocycles. The Hall–Kier alpha value is -3.47. The molecule has 0 fully saturated rings. The van der Waals surface area contributed by atoms with Crippen molar-refractivity contribution in [2.45, 2.75) is 57.8 Å². The molecule has 0 saturated heterocycles. The Kier molecular flexibility index (Phi) is 7.48. The second kappa shape index (κ2) is 11.2. The van der Waals surface area contributed by atoms with Crippen LogP contribution in [0.5, 0.6) is 0 Å². The first-order valence-electron chi connectivity index (χ1n) is 14.1. The zero-order valence-corrected chi connectivity index (χ0v) is 23.7. The molecule has 6 rings (SSSR count). The third-order valence-electron chi connectivity index (χ3n) is 8.67. The molecule has 0 saturated carbocycles. The zero-order valence-electron chi connectivity index (χ0n) is 23.0. The fourth-order valence-electron chi connectivity index (χ4n) is 6.56. The molecule has 3 nitrogen and oxygen atoms in total. The molecule has 1 aliphatic heterocycles. The molecule has 2 aliphatic rings. The smallest absolute Gasteiger partial charge is 0.240 e. The van der Waals surface area contributed by atoms with Crippen LogP contribution in [0.4, 0.5) is 4.39 Å². The number of benzene rings is 4. The van der Waals surface area contributed by atoms with Gasteiger partial charge < -0.3 is 4.90 Å². The van der Waals surface area contributed by atoms with Crippen LogP contribution in [0.1, 0.15) is 51.9 Å². The van der Waals surface area contributed by atoms with Gasteiger partial charge in [0.1, 0.15) is 5.82 Å². The summed E-state index contributed by atoms with van der Waals surface area (Å²) in [5.74, 6) is -0.256. The Balaban J connectivity index is 1.37. The summed E-state index contributed by atoms with van der Waals surface area (Å²) in [5.41, 5.74) is 7.70. The van der Waals surface area contributed by atoms with Gasteiger partial charge in [0.2, 0.25) is 5.91 Å². The highest BCUT2D eigenvalue weighted by atomic mass is 35.5. The quantitative estimate of drug-likeness (QED) is 0.250. The number of nitrogens with zero attached hydrogens (tertiary/aromatic N) is 2. The standard InChI is InChI=1S/C35H34ClFN2O/c1-23-15-16-32(36)31(19-23)34-30-13-7-5-9-25(30)17-18-38(34)24(2)35(40)39(22-28-12-6-8-14-33(28)37)29-20-26-10-3-4-11-27(26)21-29/h3-16,19,24,29,34H,17-18,20-22H2,1-2H3/t24-,34+/m0/s1. The number of carbonyl (C=O) groups excluding carboxylic acids is 1. The maximum Gasteiger partial charge on any atom is 0.240 e. The largest absolute Gasteiger partial charge is 0.333 e. The van der Waals surface area contributed by atoms with Crippen molar-refractivity contribution in [2.24, 2.45) is 0 Å². The molecule has 0 aromatic heterocycles. The monoisotopic (exact) mass is 552 g/mol. The average molecular weight is 553 g/mol. The molecule has 0 spiro atoms. The van der Waals surface area contributed by atoms with Crippen LogP contribution in [-0.4, -0.2) is 34.3 Å². The summed E-state index contributed by atoms with van der Waals surface area (Å²) in [7, 11) is 0. The van der Waals surface area contributed by atoms with Crippen LogP contribution in [0, 0.1) is 12.7 Å². The van der Waals surface area contributed by atoms with Crippen LogP contribution < -0.4 is 0 Å². The predicted molar refractivity (Wildman–Crippen MR) is 159 cm³/mol. The normalized spacial score (nSPS) is 17.8. The average Bonchev–Trinajstić information content (AvgIpc) is 3.41. The molecule has 5 heteroatoms. The molecule has 1 amide bonds. The minimum atomic E-state index is -0.426. The molecule has 0 bridgehead atoms. The second-order valence-corrected chi connectivity index (χ2v) is 11.6. The van der Waals surface area contributed by atoms with E-state index in [2.05, 4.69) is 54.3 Å². The molecule has 4 aromatic rings. The second-order valence-electron chi connectivity index (χ2n) is 11.2.